The van der Waals surface area contributed by atoms with E-state index in [-0.39, 0.29) is 0 Å². The maximum atomic E-state index is 12.8. The lowest BCUT2D eigenvalue weighted by molar-refractivity contribution is -0.135. The van der Waals surface area contributed by atoms with Crippen LogP contribution in [-0.4, -0.2) is 23.6 Å². The zero-order valence-electron chi connectivity index (χ0n) is 15.9. The molecule has 3 aromatic rings. The van der Waals surface area contributed by atoms with E-state index < -0.39 is 23.6 Å². The molecule has 27 heavy (non-hydrogen) atoms. The number of rotatable bonds is 3. The molecule has 0 heterocycles. The first kappa shape index (κ1) is 18.9. The van der Waals surface area contributed by atoms with Gasteiger partial charge in [0.1, 0.15) is 17.4 Å². The Kier molecular flexibility index (Phi) is 4.89. The number of esters is 2. The number of ether oxygens (including phenoxy) is 2. The molecule has 140 valence electrons. The second-order valence-electron chi connectivity index (χ2n) is 7.54. The topological polar surface area (TPSA) is 78.6 Å². The van der Waals surface area contributed by atoms with Gasteiger partial charge in [-0.05, 0) is 50.6 Å². The fourth-order valence-electron chi connectivity index (χ4n) is 2.88. The average Bonchev–Trinajstić information content (AvgIpc) is 2.59. The molecule has 2 N–H and O–H groups in total. The van der Waals surface area contributed by atoms with Crippen LogP contribution < -0.4 is 10.5 Å². The van der Waals surface area contributed by atoms with Crippen molar-refractivity contribution in [3.05, 3.63) is 54.1 Å². The molecule has 0 saturated heterocycles. The van der Waals surface area contributed by atoms with Crippen LogP contribution in [0.25, 0.3) is 21.5 Å². The van der Waals surface area contributed by atoms with E-state index in [0.717, 1.165) is 16.2 Å². The first-order valence-corrected chi connectivity index (χ1v) is 8.82. The van der Waals surface area contributed by atoms with E-state index in [0.29, 0.717) is 16.7 Å². The quantitative estimate of drug-likeness (QED) is 0.427. The Morgan fingerprint density at radius 2 is 1.67 bits per heavy atom. The molecule has 0 bridgehead atoms. The van der Waals surface area contributed by atoms with Crippen LogP contribution in [0.2, 0.25) is 0 Å². The molecule has 3 rings (SSSR count). The second-order valence-corrected chi connectivity index (χ2v) is 7.54. The summed E-state index contributed by atoms with van der Waals surface area (Å²) in [4.78, 5) is 25.0. The van der Waals surface area contributed by atoms with Crippen molar-refractivity contribution in [3.8, 4) is 5.75 Å². The smallest absolute Gasteiger partial charge is 0.339 e. The van der Waals surface area contributed by atoms with Crippen molar-refractivity contribution in [3.63, 3.8) is 0 Å². The first-order chi connectivity index (χ1) is 12.7. The molecule has 0 aliphatic rings. The van der Waals surface area contributed by atoms with Crippen molar-refractivity contribution >= 4 is 33.5 Å². The van der Waals surface area contributed by atoms with Gasteiger partial charge in [-0.15, -0.1) is 0 Å². The number of carbonyl (C=O) groups is 2. The molecular weight excluding hydrogens is 342 g/mol. The summed E-state index contributed by atoms with van der Waals surface area (Å²) >= 11 is 0. The van der Waals surface area contributed by atoms with Crippen LogP contribution in [0, 0.1) is 0 Å². The highest BCUT2D eigenvalue weighted by atomic mass is 16.6. The largest absolute Gasteiger partial charge is 0.456 e. The highest BCUT2D eigenvalue weighted by Gasteiger charge is 2.24. The number of carbonyl (C=O) groups excluding carboxylic acids is 2. The third kappa shape index (κ3) is 3.93. The molecule has 3 aromatic carbocycles. The SMILES string of the molecule is C[C@H](N)C(=O)Oc1c2ccccc2cc2cccc(C(=O)OC(C)(C)C)c12. The molecule has 0 unspecified atom stereocenters. The lowest BCUT2D eigenvalue weighted by Gasteiger charge is -2.21. The van der Waals surface area contributed by atoms with Crippen LogP contribution >= 0.6 is 0 Å². The van der Waals surface area contributed by atoms with Gasteiger partial charge in [0.2, 0.25) is 0 Å². The van der Waals surface area contributed by atoms with Crippen molar-refractivity contribution in [1.29, 1.82) is 0 Å². The summed E-state index contributed by atoms with van der Waals surface area (Å²) in [6.07, 6.45) is 0. The first-order valence-electron chi connectivity index (χ1n) is 8.82. The monoisotopic (exact) mass is 365 g/mol. The Bertz CT molecular complexity index is 1030. The summed E-state index contributed by atoms with van der Waals surface area (Å²) in [5.74, 6) is -0.708. The second kappa shape index (κ2) is 7.00. The van der Waals surface area contributed by atoms with E-state index in [4.69, 9.17) is 15.2 Å². The summed E-state index contributed by atoms with van der Waals surface area (Å²) in [7, 11) is 0. The van der Waals surface area contributed by atoms with Crippen LogP contribution in [-0.2, 0) is 9.53 Å². The van der Waals surface area contributed by atoms with Crippen LogP contribution in [0.3, 0.4) is 0 Å². The Balaban J connectivity index is 2.31. The maximum Gasteiger partial charge on any atom is 0.339 e. The van der Waals surface area contributed by atoms with E-state index in [1.54, 1.807) is 19.1 Å². The van der Waals surface area contributed by atoms with Crippen molar-refractivity contribution in [2.24, 2.45) is 5.73 Å². The highest BCUT2D eigenvalue weighted by Crippen LogP contribution is 2.37. The number of nitrogens with two attached hydrogens (primary N) is 1. The third-order valence-electron chi connectivity index (χ3n) is 4.03. The molecule has 0 radical (unpaired) electrons. The van der Waals surface area contributed by atoms with Gasteiger partial charge in [-0.25, -0.2) is 9.59 Å². The van der Waals surface area contributed by atoms with Crippen molar-refractivity contribution in [1.82, 2.24) is 0 Å². The van der Waals surface area contributed by atoms with Gasteiger partial charge in [0.15, 0.2) is 0 Å². The van der Waals surface area contributed by atoms with Gasteiger partial charge in [0.05, 0.1) is 5.56 Å². The zero-order chi connectivity index (χ0) is 19.8. The summed E-state index contributed by atoms with van der Waals surface area (Å²) in [6.45, 7) is 6.98. The molecule has 0 fully saturated rings. The minimum atomic E-state index is -0.785. The molecule has 0 amide bonds. The van der Waals surface area contributed by atoms with Gasteiger partial charge in [0.25, 0.3) is 0 Å². The fourth-order valence-corrected chi connectivity index (χ4v) is 2.88. The molecule has 5 nitrogen and oxygen atoms in total. The summed E-state index contributed by atoms with van der Waals surface area (Å²) < 4.78 is 11.2. The van der Waals surface area contributed by atoms with Gasteiger partial charge in [-0.3, -0.25) is 0 Å². The number of hydrogen-bond acceptors (Lipinski definition) is 5. The van der Waals surface area contributed by atoms with Crippen LogP contribution in [0.4, 0.5) is 0 Å². The van der Waals surface area contributed by atoms with Crippen molar-refractivity contribution < 1.29 is 19.1 Å². The van der Waals surface area contributed by atoms with E-state index in [1.165, 1.54) is 0 Å². The molecule has 0 saturated carbocycles. The molecule has 1 atom stereocenters. The van der Waals surface area contributed by atoms with Crippen LogP contribution in [0.1, 0.15) is 38.1 Å². The highest BCUT2D eigenvalue weighted by molar-refractivity contribution is 6.14. The van der Waals surface area contributed by atoms with E-state index in [2.05, 4.69) is 0 Å². The average molecular weight is 365 g/mol. The summed E-state index contributed by atoms with van der Waals surface area (Å²) in [6, 6.07) is 14.1. The number of fused-ring (bicyclic) bond motifs is 2. The summed E-state index contributed by atoms with van der Waals surface area (Å²) in [5.41, 5.74) is 5.39. The van der Waals surface area contributed by atoms with Crippen molar-refractivity contribution in [2.75, 3.05) is 0 Å². The predicted octanol–water partition coefficient (Wildman–Crippen LogP) is 4.20. The van der Waals surface area contributed by atoms with E-state index in [1.807, 2.05) is 57.2 Å². The number of hydrogen-bond donors (Lipinski definition) is 1. The molecule has 0 aliphatic heterocycles. The van der Waals surface area contributed by atoms with Gasteiger partial charge < -0.3 is 15.2 Å². The van der Waals surface area contributed by atoms with E-state index >= 15 is 0 Å². The minimum Gasteiger partial charge on any atom is -0.456 e. The molecular formula is C22H23NO4. The Hall–Kier alpha value is -2.92. The Morgan fingerprint density at radius 1 is 1.00 bits per heavy atom. The fraction of sp³-hybridized carbons (Fsp3) is 0.273. The van der Waals surface area contributed by atoms with Gasteiger partial charge in [-0.1, -0.05) is 36.4 Å². The molecule has 0 aliphatic carbocycles. The normalized spacial score (nSPS) is 12.8. The minimum absolute atomic E-state index is 0.326. The maximum absolute atomic E-state index is 12.8. The Morgan fingerprint density at radius 3 is 2.33 bits per heavy atom. The standard InChI is InChI=1S/C22H23NO4/c1-13(23)20(24)26-19-16-10-6-5-8-14(16)12-15-9-7-11-17(18(15)19)21(25)27-22(2,3)4/h5-13H,23H2,1-4H3/t13-/m0/s1. The molecule has 0 spiro atoms. The van der Waals surface area contributed by atoms with E-state index in [9.17, 15) is 9.59 Å². The van der Waals surface area contributed by atoms with Gasteiger partial charge in [-0.2, -0.15) is 0 Å². The van der Waals surface area contributed by atoms with Gasteiger partial charge in [0, 0.05) is 10.8 Å². The predicted molar refractivity (Wildman–Crippen MR) is 106 cm³/mol. The van der Waals surface area contributed by atoms with Crippen LogP contribution in [0.5, 0.6) is 5.75 Å². The van der Waals surface area contributed by atoms with Gasteiger partial charge >= 0.3 is 11.9 Å². The Labute approximate surface area is 158 Å². The molecule has 5 heteroatoms. The molecule has 0 aromatic heterocycles. The lowest BCUT2D eigenvalue weighted by Crippen LogP contribution is -2.31. The zero-order valence-corrected chi connectivity index (χ0v) is 15.9. The lowest BCUT2D eigenvalue weighted by atomic mass is 9.98. The van der Waals surface area contributed by atoms with Crippen LogP contribution in [0.15, 0.2) is 48.5 Å². The number of benzene rings is 3. The van der Waals surface area contributed by atoms with Crippen molar-refractivity contribution in [2.45, 2.75) is 39.3 Å². The summed E-state index contributed by atoms with van der Waals surface area (Å²) in [5, 5.41) is 2.96. The third-order valence-corrected chi connectivity index (χ3v) is 4.03.